The minimum atomic E-state index is -0.250. The van der Waals surface area contributed by atoms with Crippen molar-refractivity contribution in [1.29, 1.82) is 0 Å². The van der Waals surface area contributed by atoms with Crippen molar-refractivity contribution in [2.45, 2.75) is 0 Å². The summed E-state index contributed by atoms with van der Waals surface area (Å²) in [6.07, 6.45) is 0. The van der Waals surface area contributed by atoms with Gasteiger partial charge in [-0.1, -0.05) is 0 Å². The summed E-state index contributed by atoms with van der Waals surface area (Å²) in [5.74, 6) is 0. The summed E-state index contributed by atoms with van der Waals surface area (Å²) in [7, 11) is -0.250. The summed E-state index contributed by atoms with van der Waals surface area (Å²) in [4.78, 5) is 0. The van der Waals surface area contributed by atoms with Gasteiger partial charge in [0.15, 0.2) is 0 Å². The summed E-state index contributed by atoms with van der Waals surface area (Å²) in [5, 5.41) is 18.9. The molecule has 0 aliphatic heterocycles. The van der Waals surface area contributed by atoms with Crippen LogP contribution < -0.4 is 0 Å². The molecule has 0 fully saturated rings. The molecule has 0 aliphatic rings. The topological polar surface area (TPSA) is 77.8 Å². The molecule has 0 aliphatic carbocycles. The summed E-state index contributed by atoms with van der Waals surface area (Å²) in [5.41, 5.74) is 0. The second-order valence-electron chi connectivity index (χ2n) is 0.105. The maximum atomic E-state index is 8.36. The Labute approximate surface area is 28.9 Å². The van der Waals surface area contributed by atoms with Crippen molar-refractivity contribution in [2.24, 2.45) is 0 Å². The molecule has 0 unspecified atom stereocenters. The SMILES string of the molecule is O=BO.OO. The molecule has 0 saturated heterocycles. The van der Waals surface area contributed by atoms with E-state index in [-0.39, 0.29) is 7.35 Å². The van der Waals surface area contributed by atoms with Gasteiger partial charge in [0.2, 0.25) is 0 Å². The van der Waals surface area contributed by atoms with Gasteiger partial charge in [0.1, 0.15) is 0 Å². The normalized spacial score (nSPS) is 2.80. The molecule has 0 amide bonds. The van der Waals surface area contributed by atoms with E-state index >= 15 is 0 Å². The van der Waals surface area contributed by atoms with Crippen molar-refractivity contribution in [3.05, 3.63) is 0 Å². The van der Waals surface area contributed by atoms with Crippen molar-refractivity contribution in [1.82, 2.24) is 0 Å². The molecule has 0 aromatic rings. The number of hydrogen-bond acceptors (Lipinski definition) is 3. The predicted molar refractivity (Wildman–Crippen MR) is 13.9 cm³/mol. The average Bonchev–Trinajstić information content (AvgIpc) is 1.46. The van der Waals surface area contributed by atoms with E-state index in [2.05, 4.69) is 0 Å². The Bertz CT molecular complexity index is 11.1. The molecule has 5 heavy (non-hydrogen) atoms. The first-order valence-electron chi connectivity index (χ1n) is 0.694. The fraction of sp³-hybridized carbons (Fsp3) is 0. The number of rotatable bonds is 0. The molecule has 0 atom stereocenters. The van der Waals surface area contributed by atoms with Crippen molar-refractivity contribution < 1.29 is 20.2 Å². The third-order valence-corrected chi connectivity index (χ3v) is 0. The monoisotopic (exact) mass is 78.0 g/mol. The molecule has 0 aromatic heterocycles. The first-order chi connectivity index (χ1) is 2.41. The summed E-state index contributed by atoms with van der Waals surface area (Å²) in [6, 6.07) is 0. The molecule has 0 spiro atoms. The molecule has 30 valence electrons. The van der Waals surface area contributed by atoms with Crippen molar-refractivity contribution in [3.8, 4) is 0 Å². The molecular formula is H3BO4. The van der Waals surface area contributed by atoms with E-state index in [0.717, 1.165) is 0 Å². The first kappa shape index (κ1) is 8.82. The van der Waals surface area contributed by atoms with Crippen LogP contribution in [0.1, 0.15) is 0 Å². The minimum Gasteiger partial charge on any atom is -0.255 e. The first-order valence-corrected chi connectivity index (χ1v) is 0.694. The van der Waals surface area contributed by atoms with Crippen LogP contribution in [-0.2, 0) is 4.70 Å². The summed E-state index contributed by atoms with van der Waals surface area (Å²) in [6.45, 7) is 0. The Morgan fingerprint density at radius 2 is 1.40 bits per heavy atom. The van der Waals surface area contributed by atoms with Crippen molar-refractivity contribution in [3.63, 3.8) is 0 Å². The smallest absolute Gasteiger partial charge is 0.255 e. The third kappa shape index (κ3) is 52.3. The molecule has 0 bridgehead atoms. The molecular weight excluding hydrogens is 74.8 g/mol. The van der Waals surface area contributed by atoms with Gasteiger partial charge >= 0.3 is 17.1 Å². The van der Waals surface area contributed by atoms with E-state index in [1.807, 2.05) is 0 Å². The Balaban J connectivity index is 0. The Morgan fingerprint density at radius 1 is 1.40 bits per heavy atom. The van der Waals surface area contributed by atoms with E-state index in [4.69, 9.17) is 20.2 Å². The number of hydrogen-bond donors (Lipinski definition) is 3. The van der Waals surface area contributed by atoms with Crippen LogP contribution in [-0.4, -0.2) is 22.9 Å². The zero-order chi connectivity index (χ0) is 4.71. The van der Waals surface area contributed by atoms with E-state index in [1.54, 1.807) is 0 Å². The molecule has 0 aromatic carbocycles. The quantitative estimate of drug-likeness (QED) is 0.196. The average molecular weight is 77.8 g/mol. The Hall–Kier alpha value is -0.415. The fourth-order valence-corrected chi connectivity index (χ4v) is 0. The van der Waals surface area contributed by atoms with Crippen LogP contribution in [0.25, 0.3) is 0 Å². The van der Waals surface area contributed by atoms with Crippen LogP contribution in [0.15, 0.2) is 0 Å². The molecule has 0 rings (SSSR count). The van der Waals surface area contributed by atoms with Gasteiger partial charge in [-0.2, -0.15) is 0 Å². The Kier molecular flexibility index (Phi) is 123. The predicted octanol–water partition coefficient (Wildman–Crippen LogP) is -1.04. The van der Waals surface area contributed by atoms with Crippen molar-refractivity contribution >= 4 is 7.35 Å². The standard InChI is InChI=1S/BHO2.H2O2/c2-1-3;1-2/h2H;1-2H. The van der Waals surface area contributed by atoms with Gasteiger partial charge in [0.05, 0.1) is 0 Å². The van der Waals surface area contributed by atoms with Gasteiger partial charge in [-0.05, 0) is 0 Å². The third-order valence-electron chi connectivity index (χ3n) is 0. The van der Waals surface area contributed by atoms with Gasteiger partial charge < -0.3 is 0 Å². The van der Waals surface area contributed by atoms with Crippen LogP contribution >= 0.6 is 0 Å². The second kappa shape index (κ2) is 70.0. The summed E-state index contributed by atoms with van der Waals surface area (Å²) < 4.78 is 8.36. The van der Waals surface area contributed by atoms with Gasteiger partial charge in [-0.15, -0.1) is 0 Å². The molecule has 4 nitrogen and oxygen atoms in total. The zero-order valence-electron chi connectivity index (χ0n) is 2.33. The van der Waals surface area contributed by atoms with E-state index < -0.39 is 0 Å². The van der Waals surface area contributed by atoms with Crippen LogP contribution in [0.5, 0.6) is 0 Å². The molecule has 0 saturated carbocycles. The van der Waals surface area contributed by atoms with Gasteiger partial charge in [-0.25, -0.2) is 0 Å². The van der Waals surface area contributed by atoms with Gasteiger partial charge in [-0.3, -0.25) is 10.5 Å². The molecule has 3 N–H and O–H groups in total. The van der Waals surface area contributed by atoms with E-state index in [9.17, 15) is 0 Å². The van der Waals surface area contributed by atoms with Crippen LogP contribution in [0, 0.1) is 0 Å². The summed E-state index contributed by atoms with van der Waals surface area (Å²) >= 11 is 0. The van der Waals surface area contributed by atoms with Crippen molar-refractivity contribution in [2.75, 3.05) is 0 Å². The minimum absolute atomic E-state index is 0.250. The van der Waals surface area contributed by atoms with E-state index in [0.29, 0.717) is 0 Å². The van der Waals surface area contributed by atoms with Gasteiger partial charge in [0.25, 0.3) is 0 Å². The zero-order valence-corrected chi connectivity index (χ0v) is 2.33. The van der Waals surface area contributed by atoms with Crippen LogP contribution in [0.2, 0.25) is 0 Å². The molecule has 5 heteroatoms. The van der Waals surface area contributed by atoms with Crippen LogP contribution in [0.4, 0.5) is 0 Å². The fourth-order valence-electron chi connectivity index (χ4n) is 0. The second-order valence-corrected chi connectivity index (χ2v) is 0.105. The van der Waals surface area contributed by atoms with Crippen LogP contribution in [0.3, 0.4) is 0 Å². The Morgan fingerprint density at radius 3 is 1.40 bits per heavy atom. The van der Waals surface area contributed by atoms with E-state index in [1.165, 1.54) is 0 Å². The largest absolute Gasteiger partial charge is 0.255 e. The maximum Gasteiger partial charge on any atom is -0.255 e. The maximum absolute atomic E-state index is 8.36. The van der Waals surface area contributed by atoms with Gasteiger partial charge in [0, 0.05) is 0 Å². The molecule has 0 heterocycles. The molecule has 0 radical (unpaired) electrons.